The predicted octanol–water partition coefficient (Wildman–Crippen LogP) is 1.35. The van der Waals surface area contributed by atoms with Gasteiger partial charge in [-0.05, 0) is 33.1 Å². The quantitative estimate of drug-likeness (QED) is 0.386. The first kappa shape index (κ1) is 21.2. The van der Waals surface area contributed by atoms with Gasteiger partial charge in [-0.15, -0.1) is 0 Å². The lowest BCUT2D eigenvalue weighted by Gasteiger charge is -2.27. The van der Waals surface area contributed by atoms with E-state index >= 15 is 0 Å². The maximum absolute atomic E-state index is 12.4. The number of rotatable bonds is 8. The molecule has 8 heteroatoms. The molecule has 0 aliphatic heterocycles. The van der Waals surface area contributed by atoms with E-state index in [0.29, 0.717) is 12.3 Å². The second kappa shape index (κ2) is 10.2. The topological polar surface area (TPSA) is 123 Å². The lowest BCUT2D eigenvalue weighted by Crippen LogP contribution is -2.52. The fourth-order valence-corrected chi connectivity index (χ4v) is 2.86. The lowest BCUT2D eigenvalue weighted by atomic mass is 9.84. The lowest BCUT2D eigenvalue weighted by molar-refractivity contribution is -0.125. The Morgan fingerprint density at radius 1 is 1.16 bits per heavy atom. The van der Waals surface area contributed by atoms with E-state index in [2.05, 4.69) is 16.2 Å². The molecule has 0 aromatic rings. The zero-order valence-electron chi connectivity index (χ0n) is 15.5. The zero-order chi connectivity index (χ0) is 18.9. The van der Waals surface area contributed by atoms with Crippen molar-refractivity contribution in [3.05, 3.63) is 0 Å². The SMILES string of the molecule is CC(C)(C)OC(=O)N[C@@H](CC1CCCCC1)C(=O)NNCCC(N)=O. The predicted molar refractivity (Wildman–Crippen MR) is 94.3 cm³/mol. The molecule has 0 heterocycles. The molecule has 0 aromatic heterocycles. The minimum atomic E-state index is -0.681. The second-order valence-electron chi connectivity index (χ2n) is 7.57. The maximum atomic E-state index is 12.4. The van der Waals surface area contributed by atoms with Crippen LogP contribution in [0.2, 0.25) is 0 Å². The van der Waals surface area contributed by atoms with Gasteiger partial charge >= 0.3 is 6.09 Å². The summed E-state index contributed by atoms with van der Waals surface area (Å²) in [7, 11) is 0. The highest BCUT2D eigenvalue weighted by Gasteiger charge is 2.27. The summed E-state index contributed by atoms with van der Waals surface area (Å²) in [5.74, 6) is -0.390. The van der Waals surface area contributed by atoms with Gasteiger partial charge in [0.05, 0.1) is 0 Å². The number of alkyl carbamates (subject to hydrolysis) is 1. The summed E-state index contributed by atoms with van der Waals surface area (Å²) < 4.78 is 5.25. The molecule has 0 bridgehead atoms. The molecule has 5 N–H and O–H groups in total. The smallest absolute Gasteiger partial charge is 0.408 e. The van der Waals surface area contributed by atoms with E-state index in [0.717, 1.165) is 25.7 Å². The molecular weight excluding hydrogens is 324 g/mol. The van der Waals surface area contributed by atoms with Crippen molar-refractivity contribution in [2.45, 2.75) is 77.4 Å². The standard InChI is InChI=1S/C17H32N4O4/c1-17(2,3)25-16(24)20-13(11-12-7-5-4-6-8-12)15(23)21-19-10-9-14(18)22/h12-13,19H,4-11H2,1-3H3,(H2,18,22)(H,20,24)(H,21,23)/t13-/m0/s1. The van der Waals surface area contributed by atoms with E-state index in [1.54, 1.807) is 20.8 Å². The summed E-state index contributed by atoms with van der Waals surface area (Å²) in [5.41, 5.74) is 9.62. The summed E-state index contributed by atoms with van der Waals surface area (Å²) in [4.78, 5) is 35.2. The molecule has 1 atom stereocenters. The molecule has 1 aliphatic rings. The van der Waals surface area contributed by atoms with Crippen LogP contribution >= 0.6 is 0 Å². The molecule has 0 unspecified atom stereocenters. The molecule has 3 amide bonds. The number of nitrogens with two attached hydrogens (primary N) is 1. The van der Waals surface area contributed by atoms with Crippen molar-refractivity contribution in [3.63, 3.8) is 0 Å². The Labute approximate surface area is 149 Å². The van der Waals surface area contributed by atoms with E-state index < -0.39 is 23.6 Å². The molecule has 1 fully saturated rings. The fourth-order valence-electron chi connectivity index (χ4n) is 2.86. The number of hydrogen-bond donors (Lipinski definition) is 4. The van der Waals surface area contributed by atoms with Gasteiger partial charge in [-0.25, -0.2) is 10.2 Å². The molecule has 8 nitrogen and oxygen atoms in total. The molecule has 25 heavy (non-hydrogen) atoms. The van der Waals surface area contributed by atoms with Crippen molar-refractivity contribution < 1.29 is 19.1 Å². The molecule has 0 spiro atoms. The average molecular weight is 356 g/mol. The first-order valence-corrected chi connectivity index (χ1v) is 8.98. The minimum Gasteiger partial charge on any atom is -0.444 e. The van der Waals surface area contributed by atoms with E-state index in [9.17, 15) is 14.4 Å². The number of carbonyl (C=O) groups excluding carboxylic acids is 3. The van der Waals surface area contributed by atoms with Crippen LogP contribution in [-0.2, 0) is 14.3 Å². The summed E-state index contributed by atoms with van der Waals surface area (Å²) >= 11 is 0. The van der Waals surface area contributed by atoms with Crippen LogP contribution in [0.25, 0.3) is 0 Å². The number of nitrogens with one attached hydrogen (secondary N) is 3. The minimum absolute atomic E-state index is 0.118. The van der Waals surface area contributed by atoms with Gasteiger partial charge in [0.2, 0.25) is 5.91 Å². The third kappa shape index (κ3) is 9.91. The van der Waals surface area contributed by atoms with Crippen LogP contribution in [0.5, 0.6) is 0 Å². The van der Waals surface area contributed by atoms with E-state index in [1.807, 2.05) is 0 Å². The van der Waals surface area contributed by atoms with Gasteiger partial charge in [0.25, 0.3) is 5.91 Å². The van der Waals surface area contributed by atoms with Crippen molar-refractivity contribution >= 4 is 17.9 Å². The third-order valence-electron chi connectivity index (χ3n) is 4.01. The Kier molecular flexibility index (Phi) is 8.68. The Morgan fingerprint density at radius 2 is 1.80 bits per heavy atom. The highest BCUT2D eigenvalue weighted by Crippen LogP contribution is 2.27. The second-order valence-corrected chi connectivity index (χ2v) is 7.57. The molecular formula is C17H32N4O4. The van der Waals surface area contributed by atoms with Crippen LogP contribution in [-0.4, -0.2) is 36.1 Å². The first-order chi connectivity index (χ1) is 11.7. The largest absolute Gasteiger partial charge is 0.444 e. The molecule has 0 radical (unpaired) electrons. The third-order valence-corrected chi connectivity index (χ3v) is 4.01. The van der Waals surface area contributed by atoms with Gasteiger partial charge in [0, 0.05) is 13.0 Å². The van der Waals surface area contributed by atoms with Crippen LogP contribution in [0.4, 0.5) is 4.79 Å². The number of amides is 3. The number of hydrogen-bond acceptors (Lipinski definition) is 5. The van der Waals surface area contributed by atoms with Crippen molar-refractivity contribution in [2.24, 2.45) is 11.7 Å². The molecule has 0 aromatic carbocycles. The Morgan fingerprint density at radius 3 is 2.36 bits per heavy atom. The number of ether oxygens (including phenoxy) is 1. The van der Waals surface area contributed by atoms with Crippen LogP contribution in [0, 0.1) is 5.92 Å². The molecule has 1 rings (SSSR count). The van der Waals surface area contributed by atoms with Crippen LogP contribution in [0.15, 0.2) is 0 Å². The fraction of sp³-hybridized carbons (Fsp3) is 0.824. The molecule has 144 valence electrons. The first-order valence-electron chi connectivity index (χ1n) is 8.98. The Balaban J connectivity index is 2.57. The van der Waals surface area contributed by atoms with E-state index in [4.69, 9.17) is 10.5 Å². The molecule has 1 saturated carbocycles. The monoisotopic (exact) mass is 356 g/mol. The summed E-state index contributed by atoms with van der Waals surface area (Å²) in [6, 6.07) is -0.681. The average Bonchev–Trinajstić information content (AvgIpc) is 2.49. The van der Waals surface area contributed by atoms with Crippen LogP contribution in [0.1, 0.15) is 65.7 Å². The van der Waals surface area contributed by atoms with Gasteiger partial charge in [-0.1, -0.05) is 32.1 Å². The number of primary amides is 1. The summed E-state index contributed by atoms with van der Waals surface area (Å²) in [6.07, 6.45) is 5.74. The Bertz CT molecular complexity index is 456. The van der Waals surface area contributed by atoms with E-state index in [1.165, 1.54) is 6.42 Å². The zero-order valence-corrected chi connectivity index (χ0v) is 15.5. The van der Waals surface area contributed by atoms with Gasteiger partial charge < -0.3 is 15.8 Å². The summed E-state index contributed by atoms with van der Waals surface area (Å²) in [5, 5.41) is 2.67. The number of hydrazine groups is 1. The van der Waals surface area contributed by atoms with Crippen molar-refractivity contribution in [2.75, 3.05) is 6.54 Å². The highest BCUT2D eigenvalue weighted by atomic mass is 16.6. The Hall–Kier alpha value is -1.83. The van der Waals surface area contributed by atoms with Crippen molar-refractivity contribution in [1.29, 1.82) is 0 Å². The number of carbonyl (C=O) groups is 3. The molecule has 1 aliphatic carbocycles. The summed E-state index contributed by atoms with van der Waals surface area (Å²) in [6.45, 7) is 5.56. The normalized spacial score (nSPS) is 16.8. The van der Waals surface area contributed by atoms with Crippen LogP contribution < -0.4 is 21.9 Å². The van der Waals surface area contributed by atoms with Gasteiger partial charge in [-0.2, -0.15) is 0 Å². The molecule has 0 saturated heterocycles. The van der Waals surface area contributed by atoms with Gasteiger partial charge in [0.1, 0.15) is 11.6 Å². The van der Waals surface area contributed by atoms with Crippen LogP contribution in [0.3, 0.4) is 0 Å². The van der Waals surface area contributed by atoms with Gasteiger partial charge in [-0.3, -0.25) is 15.0 Å². The maximum Gasteiger partial charge on any atom is 0.408 e. The van der Waals surface area contributed by atoms with E-state index in [-0.39, 0.29) is 18.9 Å². The van der Waals surface area contributed by atoms with Gasteiger partial charge in [0.15, 0.2) is 0 Å². The highest BCUT2D eigenvalue weighted by molar-refractivity contribution is 5.85. The van der Waals surface area contributed by atoms with Crippen molar-refractivity contribution in [3.8, 4) is 0 Å². The van der Waals surface area contributed by atoms with Crippen molar-refractivity contribution in [1.82, 2.24) is 16.2 Å².